The lowest BCUT2D eigenvalue weighted by molar-refractivity contribution is 0.679. The standard InChI is InChI=1S/C22H29N/c1-4-5-6-8-15-20(19-13-9-7-10-14-19)18-21-16-11-12-17-22(21)23(2)3/h7,9-14,16-18H,4-6,8,15H2,1-3H3/b20-18+. The first kappa shape index (κ1) is 17.3. The topological polar surface area (TPSA) is 3.24 Å². The Bertz CT molecular complexity index is 611. The minimum absolute atomic E-state index is 1.14. The molecular formula is C22H29N. The van der Waals surface area contributed by atoms with Crippen LogP contribution in [0.15, 0.2) is 54.6 Å². The Labute approximate surface area is 141 Å². The van der Waals surface area contributed by atoms with E-state index in [0.717, 1.165) is 6.42 Å². The van der Waals surface area contributed by atoms with Crippen LogP contribution in [0.4, 0.5) is 5.69 Å². The molecule has 2 aromatic carbocycles. The van der Waals surface area contributed by atoms with E-state index in [0.29, 0.717) is 0 Å². The number of allylic oxidation sites excluding steroid dienone is 1. The van der Waals surface area contributed by atoms with Crippen LogP contribution in [0.2, 0.25) is 0 Å². The molecule has 2 aromatic rings. The molecule has 0 unspecified atom stereocenters. The predicted molar refractivity (Wildman–Crippen MR) is 104 cm³/mol. The first-order valence-corrected chi connectivity index (χ1v) is 8.74. The van der Waals surface area contributed by atoms with Gasteiger partial charge in [-0.15, -0.1) is 0 Å². The largest absolute Gasteiger partial charge is 0.377 e. The molecule has 0 spiro atoms. The van der Waals surface area contributed by atoms with Crippen LogP contribution in [0.25, 0.3) is 11.6 Å². The number of hydrogen-bond donors (Lipinski definition) is 0. The van der Waals surface area contributed by atoms with E-state index in [-0.39, 0.29) is 0 Å². The molecule has 0 N–H and O–H groups in total. The lowest BCUT2D eigenvalue weighted by Gasteiger charge is -2.17. The Kier molecular flexibility index (Phi) is 6.93. The van der Waals surface area contributed by atoms with Gasteiger partial charge in [-0.3, -0.25) is 0 Å². The smallest absolute Gasteiger partial charge is 0.0434 e. The summed E-state index contributed by atoms with van der Waals surface area (Å²) in [6.45, 7) is 2.27. The van der Waals surface area contributed by atoms with Crippen molar-refractivity contribution in [2.24, 2.45) is 0 Å². The predicted octanol–water partition coefficient (Wildman–Crippen LogP) is 6.26. The molecule has 23 heavy (non-hydrogen) atoms. The lowest BCUT2D eigenvalue weighted by Crippen LogP contribution is -2.09. The molecule has 0 amide bonds. The monoisotopic (exact) mass is 307 g/mol. The van der Waals surface area contributed by atoms with Crippen LogP contribution in [-0.2, 0) is 0 Å². The lowest BCUT2D eigenvalue weighted by atomic mass is 9.96. The molecular weight excluding hydrogens is 278 g/mol. The van der Waals surface area contributed by atoms with Gasteiger partial charge >= 0.3 is 0 Å². The Balaban J connectivity index is 2.29. The summed E-state index contributed by atoms with van der Waals surface area (Å²) >= 11 is 0. The van der Waals surface area contributed by atoms with Gasteiger partial charge in [0.25, 0.3) is 0 Å². The van der Waals surface area contributed by atoms with Gasteiger partial charge in [0, 0.05) is 19.8 Å². The molecule has 0 aliphatic rings. The van der Waals surface area contributed by atoms with E-state index >= 15 is 0 Å². The van der Waals surface area contributed by atoms with Crippen LogP contribution in [0.1, 0.15) is 50.2 Å². The van der Waals surface area contributed by atoms with Crippen molar-refractivity contribution >= 4 is 17.3 Å². The highest BCUT2D eigenvalue weighted by molar-refractivity contribution is 5.85. The van der Waals surface area contributed by atoms with Crippen molar-refractivity contribution in [2.75, 3.05) is 19.0 Å². The number of para-hydroxylation sites is 1. The molecule has 0 radical (unpaired) electrons. The van der Waals surface area contributed by atoms with Gasteiger partial charge in [0.15, 0.2) is 0 Å². The highest BCUT2D eigenvalue weighted by Crippen LogP contribution is 2.28. The van der Waals surface area contributed by atoms with E-state index in [9.17, 15) is 0 Å². The third kappa shape index (κ3) is 5.28. The summed E-state index contributed by atoms with van der Waals surface area (Å²) < 4.78 is 0. The van der Waals surface area contributed by atoms with Gasteiger partial charge in [-0.05, 0) is 41.7 Å². The fourth-order valence-corrected chi connectivity index (χ4v) is 2.90. The van der Waals surface area contributed by atoms with Crippen molar-refractivity contribution in [2.45, 2.75) is 39.0 Å². The van der Waals surface area contributed by atoms with Gasteiger partial charge in [0.05, 0.1) is 0 Å². The average molecular weight is 307 g/mol. The summed E-state index contributed by atoms with van der Waals surface area (Å²) in [5.74, 6) is 0. The van der Waals surface area contributed by atoms with Crippen molar-refractivity contribution in [1.82, 2.24) is 0 Å². The molecule has 0 heterocycles. The molecule has 0 aliphatic carbocycles. The number of anilines is 1. The molecule has 0 bridgehead atoms. The third-order valence-electron chi connectivity index (χ3n) is 4.19. The fourth-order valence-electron chi connectivity index (χ4n) is 2.90. The van der Waals surface area contributed by atoms with E-state index in [2.05, 4.69) is 86.6 Å². The van der Waals surface area contributed by atoms with Crippen molar-refractivity contribution < 1.29 is 0 Å². The molecule has 1 heteroatoms. The summed E-state index contributed by atoms with van der Waals surface area (Å²) in [6.07, 6.45) is 8.71. The van der Waals surface area contributed by atoms with Crippen LogP contribution in [0, 0.1) is 0 Å². The Hall–Kier alpha value is -2.02. The number of benzene rings is 2. The van der Waals surface area contributed by atoms with E-state index in [1.54, 1.807) is 0 Å². The number of hydrogen-bond acceptors (Lipinski definition) is 1. The zero-order valence-electron chi connectivity index (χ0n) is 14.8. The summed E-state index contributed by atoms with van der Waals surface area (Å²) in [6, 6.07) is 19.4. The maximum absolute atomic E-state index is 2.37. The number of nitrogens with zero attached hydrogens (tertiary/aromatic N) is 1. The minimum Gasteiger partial charge on any atom is -0.377 e. The first-order chi connectivity index (χ1) is 11.2. The molecule has 1 nitrogen and oxygen atoms in total. The van der Waals surface area contributed by atoms with E-state index < -0.39 is 0 Å². The molecule has 2 rings (SSSR count). The molecule has 122 valence electrons. The van der Waals surface area contributed by atoms with Crippen LogP contribution >= 0.6 is 0 Å². The van der Waals surface area contributed by atoms with Gasteiger partial charge in [-0.1, -0.05) is 74.7 Å². The normalized spacial score (nSPS) is 11.5. The van der Waals surface area contributed by atoms with E-state index in [1.807, 2.05) is 0 Å². The molecule has 0 saturated carbocycles. The molecule has 0 aromatic heterocycles. The third-order valence-corrected chi connectivity index (χ3v) is 4.19. The molecule has 0 atom stereocenters. The van der Waals surface area contributed by atoms with Crippen LogP contribution in [0.3, 0.4) is 0 Å². The van der Waals surface area contributed by atoms with Gasteiger partial charge in [0.2, 0.25) is 0 Å². The number of unbranched alkanes of at least 4 members (excludes halogenated alkanes) is 3. The summed E-state index contributed by atoms with van der Waals surface area (Å²) in [5.41, 5.74) is 5.36. The zero-order chi connectivity index (χ0) is 16.5. The average Bonchev–Trinajstić information content (AvgIpc) is 2.58. The van der Waals surface area contributed by atoms with E-state index in [1.165, 1.54) is 48.1 Å². The van der Waals surface area contributed by atoms with Gasteiger partial charge in [0.1, 0.15) is 0 Å². The summed E-state index contributed by atoms with van der Waals surface area (Å²) in [7, 11) is 4.21. The second-order valence-electron chi connectivity index (χ2n) is 6.30. The van der Waals surface area contributed by atoms with Gasteiger partial charge < -0.3 is 4.90 Å². The Morgan fingerprint density at radius 3 is 2.26 bits per heavy atom. The van der Waals surface area contributed by atoms with Crippen LogP contribution < -0.4 is 4.90 Å². The molecule has 0 saturated heterocycles. The molecule has 0 aliphatic heterocycles. The minimum atomic E-state index is 1.14. The molecule has 0 fully saturated rings. The quantitative estimate of drug-likeness (QED) is 0.411. The van der Waals surface area contributed by atoms with Crippen LogP contribution in [-0.4, -0.2) is 14.1 Å². The van der Waals surface area contributed by atoms with Crippen molar-refractivity contribution in [1.29, 1.82) is 0 Å². The van der Waals surface area contributed by atoms with Gasteiger partial charge in [-0.2, -0.15) is 0 Å². The highest BCUT2D eigenvalue weighted by atomic mass is 15.1. The van der Waals surface area contributed by atoms with Gasteiger partial charge in [-0.25, -0.2) is 0 Å². The van der Waals surface area contributed by atoms with E-state index in [4.69, 9.17) is 0 Å². The van der Waals surface area contributed by atoms with Crippen molar-refractivity contribution in [3.05, 3.63) is 65.7 Å². The SMILES string of the molecule is CCCCCC/C(=C\c1ccccc1N(C)C)c1ccccc1. The zero-order valence-corrected chi connectivity index (χ0v) is 14.8. The Morgan fingerprint density at radius 2 is 1.57 bits per heavy atom. The summed E-state index contributed by atoms with van der Waals surface area (Å²) in [4.78, 5) is 2.19. The summed E-state index contributed by atoms with van der Waals surface area (Å²) in [5, 5.41) is 0. The van der Waals surface area contributed by atoms with Crippen LogP contribution in [0.5, 0.6) is 0 Å². The highest BCUT2D eigenvalue weighted by Gasteiger charge is 2.06. The Morgan fingerprint density at radius 1 is 0.870 bits per heavy atom. The van der Waals surface area contributed by atoms with Crippen molar-refractivity contribution in [3.8, 4) is 0 Å². The number of rotatable bonds is 8. The second-order valence-corrected chi connectivity index (χ2v) is 6.30. The van der Waals surface area contributed by atoms with Crippen molar-refractivity contribution in [3.63, 3.8) is 0 Å². The second kappa shape index (κ2) is 9.19. The fraction of sp³-hybridized carbons (Fsp3) is 0.364. The maximum Gasteiger partial charge on any atom is 0.0434 e. The maximum atomic E-state index is 2.37. The first-order valence-electron chi connectivity index (χ1n) is 8.74.